The smallest absolute Gasteiger partial charge is 0.235 e. The number of aliphatic hydroxyl groups is 2. The standard InChI is InChI=1S/C26H32N2O4/c1-25(2,3)23-14-17-13-19(7-10-22(17)28(23)15-20(30)16-29)27-24(31)26(11-12-26)18-5-8-21(32-4)9-6-18/h5-10,13-14,20,29-30H,11-12,15-16H2,1-4H3,(H,27,31)/t20-/m0/s1. The van der Waals surface area contributed by atoms with E-state index in [1.54, 1.807) is 7.11 Å². The van der Waals surface area contributed by atoms with Crippen molar-refractivity contribution in [3.63, 3.8) is 0 Å². The summed E-state index contributed by atoms with van der Waals surface area (Å²) in [5.74, 6) is 0.786. The van der Waals surface area contributed by atoms with Crippen molar-refractivity contribution in [2.24, 2.45) is 0 Å². The van der Waals surface area contributed by atoms with E-state index in [9.17, 15) is 15.0 Å². The van der Waals surface area contributed by atoms with Crippen LogP contribution in [0.25, 0.3) is 10.9 Å². The molecule has 3 N–H and O–H groups in total. The molecular weight excluding hydrogens is 404 g/mol. The van der Waals surface area contributed by atoms with Crippen LogP contribution in [0.1, 0.15) is 44.9 Å². The van der Waals surface area contributed by atoms with Gasteiger partial charge in [-0.25, -0.2) is 0 Å². The van der Waals surface area contributed by atoms with E-state index in [2.05, 4.69) is 36.7 Å². The lowest BCUT2D eigenvalue weighted by atomic mass is 9.92. The average molecular weight is 437 g/mol. The van der Waals surface area contributed by atoms with Crippen LogP contribution in [0.15, 0.2) is 48.5 Å². The number of amides is 1. The van der Waals surface area contributed by atoms with Gasteiger partial charge in [0.15, 0.2) is 0 Å². The van der Waals surface area contributed by atoms with Crippen LogP contribution in [0, 0.1) is 0 Å². The Morgan fingerprint density at radius 1 is 1.16 bits per heavy atom. The van der Waals surface area contributed by atoms with E-state index in [0.29, 0.717) is 6.54 Å². The molecule has 1 fully saturated rings. The number of benzene rings is 2. The Morgan fingerprint density at radius 3 is 2.41 bits per heavy atom. The van der Waals surface area contributed by atoms with Gasteiger partial charge in [0.1, 0.15) is 5.75 Å². The zero-order chi connectivity index (χ0) is 23.1. The molecule has 1 heterocycles. The molecule has 0 radical (unpaired) electrons. The van der Waals surface area contributed by atoms with Crippen molar-refractivity contribution in [1.82, 2.24) is 4.57 Å². The SMILES string of the molecule is COc1ccc(C2(C(=O)Nc3ccc4c(c3)cc(C(C)(C)C)n4C[C@H](O)CO)CC2)cc1. The molecule has 170 valence electrons. The Labute approximate surface area is 188 Å². The summed E-state index contributed by atoms with van der Waals surface area (Å²) in [6, 6.07) is 15.7. The molecule has 1 aromatic heterocycles. The molecule has 0 bridgehead atoms. The Hall–Kier alpha value is -2.83. The van der Waals surface area contributed by atoms with Crippen molar-refractivity contribution >= 4 is 22.5 Å². The molecule has 2 aromatic carbocycles. The fourth-order valence-corrected chi connectivity index (χ4v) is 4.37. The number of anilines is 1. The summed E-state index contributed by atoms with van der Waals surface area (Å²) in [5.41, 5.74) is 3.19. The van der Waals surface area contributed by atoms with Crippen LogP contribution in [0.5, 0.6) is 5.75 Å². The van der Waals surface area contributed by atoms with Gasteiger partial charge in [0, 0.05) is 27.7 Å². The van der Waals surface area contributed by atoms with Crippen molar-refractivity contribution in [2.75, 3.05) is 19.0 Å². The first-order chi connectivity index (χ1) is 15.2. The molecule has 1 saturated carbocycles. The predicted molar refractivity (Wildman–Crippen MR) is 126 cm³/mol. The third kappa shape index (κ3) is 4.12. The van der Waals surface area contributed by atoms with Gasteiger partial charge in [-0.05, 0) is 54.8 Å². The van der Waals surface area contributed by atoms with Crippen molar-refractivity contribution in [3.8, 4) is 5.75 Å². The molecule has 4 rings (SSSR count). The summed E-state index contributed by atoms with van der Waals surface area (Å²) in [7, 11) is 1.63. The van der Waals surface area contributed by atoms with Gasteiger partial charge >= 0.3 is 0 Å². The lowest BCUT2D eigenvalue weighted by molar-refractivity contribution is -0.118. The molecule has 1 amide bonds. The molecule has 1 aliphatic carbocycles. The van der Waals surface area contributed by atoms with Gasteiger partial charge in [-0.1, -0.05) is 32.9 Å². The monoisotopic (exact) mass is 436 g/mol. The molecule has 1 atom stereocenters. The maximum Gasteiger partial charge on any atom is 0.235 e. The van der Waals surface area contributed by atoms with Crippen LogP contribution in [0.4, 0.5) is 5.69 Å². The minimum atomic E-state index is -0.828. The maximum absolute atomic E-state index is 13.2. The second-order valence-corrected chi connectivity index (χ2v) is 9.76. The maximum atomic E-state index is 13.2. The Balaban J connectivity index is 1.62. The number of hydrogen-bond acceptors (Lipinski definition) is 4. The van der Waals surface area contributed by atoms with Crippen molar-refractivity contribution < 1.29 is 19.7 Å². The Bertz CT molecular complexity index is 1120. The molecule has 3 aromatic rings. The Kier molecular flexibility index (Phi) is 5.77. The van der Waals surface area contributed by atoms with Gasteiger partial charge in [-0.3, -0.25) is 4.79 Å². The number of nitrogens with zero attached hydrogens (tertiary/aromatic N) is 1. The van der Waals surface area contributed by atoms with E-state index < -0.39 is 11.5 Å². The second-order valence-electron chi connectivity index (χ2n) is 9.76. The highest BCUT2D eigenvalue weighted by molar-refractivity contribution is 6.02. The molecular formula is C26H32N2O4. The number of aliphatic hydroxyl groups excluding tert-OH is 2. The van der Waals surface area contributed by atoms with Crippen molar-refractivity contribution in [3.05, 3.63) is 59.8 Å². The van der Waals surface area contributed by atoms with E-state index >= 15 is 0 Å². The van der Waals surface area contributed by atoms with Gasteiger partial charge in [0.25, 0.3) is 0 Å². The summed E-state index contributed by atoms with van der Waals surface area (Å²) in [6.07, 6.45) is 0.832. The van der Waals surface area contributed by atoms with Crippen LogP contribution >= 0.6 is 0 Å². The number of methoxy groups -OCH3 is 1. The molecule has 6 nitrogen and oxygen atoms in total. The highest BCUT2D eigenvalue weighted by Crippen LogP contribution is 2.49. The van der Waals surface area contributed by atoms with Gasteiger partial charge < -0.3 is 24.8 Å². The van der Waals surface area contributed by atoms with Gasteiger partial charge in [-0.15, -0.1) is 0 Å². The lowest BCUT2D eigenvalue weighted by Gasteiger charge is -2.23. The minimum Gasteiger partial charge on any atom is -0.497 e. The van der Waals surface area contributed by atoms with Gasteiger partial charge in [-0.2, -0.15) is 0 Å². The van der Waals surface area contributed by atoms with E-state index in [-0.39, 0.29) is 17.9 Å². The van der Waals surface area contributed by atoms with Crippen LogP contribution < -0.4 is 10.1 Å². The summed E-state index contributed by atoms with van der Waals surface area (Å²) in [6.45, 7) is 6.40. The number of hydrogen-bond donors (Lipinski definition) is 3. The van der Waals surface area contributed by atoms with Gasteiger partial charge in [0.05, 0.1) is 31.8 Å². The minimum absolute atomic E-state index is 0.00759. The van der Waals surface area contributed by atoms with Crippen molar-refractivity contribution in [1.29, 1.82) is 0 Å². The van der Waals surface area contributed by atoms with Crippen LogP contribution in [-0.2, 0) is 22.2 Å². The third-order valence-corrected chi connectivity index (χ3v) is 6.36. The third-order valence-electron chi connectivity index (χ3n) is 6.36. The summed E-state index contributed by atoms with van der Waals surface area (Å²) < 4.78 is 7.29. The highest BCUT2D eigenvalue weighted by Gasteiger charge is 2.51. The molecule has 6 heteroatoms. The molecule has 0 unspecified atom stereocenters. The first-order valence-corrected chi connectivity index (χ1v) is 11.1. The quantitative estimate of drug-likeness (QED) is 0.523. The fraction of sp³-hybridized carbons (Fsp3) is 0.423. The number of carbonyl (C=O) groups is 1. The molecule has 0 saturated heterocycles. The number of nitrogens with one attached hydrogen (secondary N) is 1. The first kappa shape index (κ1) is 22.4. The fourth-order valence-electron chi connectivity index (χ4n) is 4.37. The van der Waals surface area contributed by atoms with E-state index in [1.807, 2.05) is 42.5 Å². The normalized spacial score (nSPS) is 16.1. The Morgan fingerprint density at radius 2 is 1.84 bits per heavy atom. The number of fused-ring (bicyclic) bond motifs is 1. The predicted octanol–water partition coefficient (Wildman–Crippen LogP) is 3.97. The number of aromatic nitrogens is 1. The molecule has 0 spiro atoms. The molecule has 0 aliphatic heterocycles. The number of rotatable bonds is 7. The average Bonchev–Trinajstić information content (AvgIpc) is 3.50. The summed E-state index contributed by atoms with van der Waals surface area (Å²) in [5, 5.41) is 23.5. The zero-order valence-electron chi connectivity index (χ0n) is 19.2. The van der Waals surface area contributed by atoms with Crippen LogP contribution in [-0.4, -0.2) is 40.5 Å². The number of ether oxygens (including phenoxy) is 1. The first-order valence-electron chi connectivity index (χ1n) is 11.1. The van der Waals surface area contributed by atoms with Crippen molar-refractivity contribution in [2.45, 2.75) is 57.1 Å². The second kappa shape index (κ2) is 8.26. The van der Waals surface area contributed by atoms with Crippen LogP contribution in [0.2, 0.25) is 0 Å². The molecule has 1 aliphatic rings. The van der Waals surface area contributed by atoms with E-state index in [0.717, 1.165) is 46.4 Å². The van der Waals surface area contributed by atoms with Gasteiger partial charge in [0.2, 0.25) is 5.91 Å². The molecule has 32 heavy (non-hydrogen) atoms. The zero-order valence-corrected chi connectivity index (χ0v) is 19.2. The topological polar surface area (TPSA) is 83.7 Å². The number of carbonyl (C=O) groups excluding carboxylic acids is 1. The summed E-state index contributed by atoms with van der Waals surface area (Å²) in [4.78, 5) is 13.2. The highest BCUT2D eigenvalue weighted by atomic mass is 16.5. The lowest BCUT2D eigenvalue weighted by Crippen LogP contribution is -2.27. The largest absolute Gasteiger partial charge is 0.497 e. The van der Waals surface area contributed by atoms with E-state index in [4.69, 9.17) is 4.74 Å². The van der Waals surface area contributed by atoms with Crippen LogP contribution in [0.3, 0.4) is 0 Å². The van der Waals surface area contributed by atoms with E-state index in [1.165, 1.54) is 0 Å². The summed E-state index contributed by atoms with van der Waals surface area (Å²) >= 11 is 0.